The van der Waals surface area contributed by atoms with Crippen molar-refractivity contribution in [2.24, 2.45) is 0 Å². The summed E-state index contributed by atoms with van der Waals surface area (Å²) in [4.78, 5) is 11.9. The highest BCUT2D eigenvalue weighted by Gasteiger charge is 2.18. The van der Waals surface area contributed by atoms with E-state index in [4.69, 9.17) is 4.74 Å². The Bertz CT molecular complexity index is 816. The van der Waals surface area contributed by atoms with Crippen molar-refractivity contribution in [3.63, 3.8) is 0 Å². The molecule has 0 saturated carbocycles. The van der Waals surface area contributed by atoms with Crippen molar-refractivity contribution in [2.75, 3.05) is 5.75 Å². The fourth-order valence-corrected chi connectivity index (χ4v) is 3.37. The van der Waals surface area contributed by atoms with Crippen LogP contribution < -0.4 is 4.74 Å². The average Bonchev–Trinajstić information content (AvgIpc) is 2.49. The molecule has 23 heavy (non-hydrogen) atoms. The number of rotatable bonds is 5. The third-order valence-electron chi connectivity index (χ3n) is 3.07. The molecule has 0 unspecified atom stereocenters. The quantitative estimate of drug-likeness (QED) is 0.567. The van der Waals surface area contributed by atoms with Crippen LogP contribution in [-0.2, 0) is 14.6 Å². The van der Waals surface area contributed by atoms with Gasteiger partial charge in [-0.25, -0.2) is 12.8 Å². The number of esters is 1. The second-order valence-electron chi connectivity index (χ2n) is 4.93. The van der Waals surface area contributed by atoms with E-state index in [1.165, 1.54) is 24.3 Å². The second-order valence-corrected chi connectivity index (χ2v) is 7.96. The number of halogens is 2. The highest BCUT2D eigenvalue weighted by molar-refractivity contribution is 9.10. The van der Waals surface area contributed by atoms with Crippen LogP contribution in [0.4, 0.5) is 4.39 Å². The lowest BCUT2D eigenvalue weighted by atomic mass is 10.2. The molecule has 0 heterocycles. The first-order valence-corrected chi connectivity index (χ1v) is 9.17. The van der Waals surface area contributed by atoms with Gasteiger partial charge in [0.15, 0.2) is 21.4 Å². The lowest BCUT2D eigenvalue weighted by Gasteiger charge is -2.07. The summed E-state index contributed by atoms with van der Waals surface area (Å²) in [5.74, 6) is -2.13. The molecule has 122 valence electrons. The number of benzene rings is 2. The van der Waals surface area contributed by atoms with Gasteiger partial charge in [-0.3, -0.25) is 4.79 Å². The zero-order valence-electron chi connectivity index (χ0n) is 12.3. The van der Waals surface area contributed by atoms with E-state index in [0.717, 1.165) is 11.6 Å². The van der Waals surface area contributed by atoms with Gasteiger partial charge < -0.3 is 4.74 Å². The van der Waals surface area contributed by atoms with Crippen LogP contribution in [0.3, 0.4) is 0 Å². The van der Waals surface area contributed by atoms with Crippen molar-refractivity contribution in [1.29, 1.82) is 0 Å². The van der Waals surface area contributed by atoms with Gasteiger partial charge in [0.2, 0.25) is 0 Å². The molecule has 2 aromatic rings. The van der Waals surface area contributed by atoms with Gasteiger partial charge in [0.05, 0.1) is 17.1 Å². The molecule has 0 fully saturated rings. The summed E-state index contributed by atoms with van der Waals surface area (Å²) in [7, 11) is -3.58. The largest absolute Gasteiger partial charge is 0.423 e. The van der Waals surface area contributed by atoms with E-state index in [1.54, 1.807) is 12.1 Å². The van der Waals surface area contributed by atoms with Crippen LogP contribution in [0, 0.1) is 12.7 Å². The van der Waals surface area contributed by atoms with Crippen LogP contribution in [0.15, 0.2) is 51.8 Å². The molecule has 0 amide bonds. The molecular formula is C16H14BrFO4S. The molecule has 0 aliphatic heterocycles. The molecular weight excluding hydrogens is 387 g/mol. The minimum absolute atomic E-state index is 0.144. The monoisotopic (exact) mass is 400 g/mol. The first-order valence-electron chi connectivity index (χ1n) is 6.73. The molecule has 0 saturated heterocycles. The number of carbonyl (C=O) groups is 1. The van der Waals surface area contributed by atoms with Crippen molar-refractivity contribution in [1.82, 2.24) is 0 Å². The predicted octanol–water partition coefficient (Wildman–Crippen LogP) is 3.67. The van der Waals surface area contributed by atoms with Crippen LogP contribution in [-0.4, -0.2) is 20.1 Å². The van der Waals surface area contributed by atoms with Gasteiger partial charge in [0.1, 0.15) is 0 Å². The van der Waals surface area contributed by atoms with Crippen LogP contribution >= 0.6 is 15.9 Å². The molecule has 0 spiro atoms. The summed E-state index contributed by atoms with van der Waals surface area (Å²) < 4.78 is 43.2. The highest BCUT2D eigenvalue weighted by Crippen LogP contribution is 2.22. The SMILES string of the molecule is Cc1ccc(S(=O)(=O)CCC(=O)Oc2ccc(Br)cc2F)cc1. The van der Waals surface area contributed by atoms with E-state index >= 15 is 0 Å². The zero-order valence-corrected chi connectivity index (χ0v) is 14.7. The first-order chi connectivity index (χ1) is 10.8. The standard InChI is InChI=1S/C16H14BrFO4S/c1-11-2-5-13(6-3-11)23(20,21)9-8-16(19)22-15-7-4-12(17)10-14(15)18/h2-7,10H,8-9H2,1H3. The predicted molar refractivity (Wildman–Crippen MR) is 87.6 cm³/mol. The average molecular weight is 401 g/mol. The van der Waals surface area contributed by atoms with Crippen molar-refractivity contribution >= 4 is 31.7 Å². The number of ether oxygens (including phenoxy) is 1. The highest BCUT2D eigenvalue weighted by atomic mass is 79.9. The smallest absolute Gasteiger partial charge is 0.312 e. The van der Waals surface area contributed by atoms with E-state index < -0.39 is 27.4 Å². The molecule has 2 rings (SSSR count). The first kappa shape index (κ1) is 17.6. The molecule has 0 bridgehead atoms. The molecule has 0 aromatic heterocycles. The van der Waals surface area contributed by atoms with Gasteiger partial charge in [-0.2, -0.15) is 0 Å². The minimum atomic E-state index is -3.58. The van der Waals surface area contributed by atoms with Crippen molar-refractivity contribution < 1.29 is 22.3 Å². The summed E-state index contributed by atoms with van der Waals surface area (Å²) in [6.45, 7) is 1.85. The Labute approximate surface area is 142 Å². The van der Waals surface area contributed by atoms with Crippen LogP contribution in [0.5, 0.6) is 5.75 Å². The Hall–Kier alpha value is -1.73. The van der Waals surface area contributed by atoms with Gasteiger partial charge in [-0.1, -0.05) is 33.6 Å². The fraction of sp³-hybridized carbons (Fsp3) is 0.188. The van der Waals surface area contributed by atoms with Crippen LogP contribution in [0.1, 0.15) is 12.0 Å². The second kappa shape index (κ2) is 7.23. The van der Waals surface area contributed by atoms with Crippen LogP contribution in [0.2, 0.25) is 0 Å². The van der Waals surface area contributed by atoms with Crippen molar-refractivity contribution in [3.05, 3.63) is 58.3 Å². The molecule has 0 N–H and O–H groups in total. The number of carbonyl (C=O) groups excluding carboxylic acids is 1. The maximum absolute atomic E-state index is 13.6. The van der Waals surface area contributed by atoms with Gasteiger partial charge in [0, 0.05) is 4.47 Å². The van der Waals surface area contributed by atoms with Gasteiger partial charge in [0.25, 0.3) is 0 Å². The topological polar surface area (TPSA) is 60.4 Å². The van der Waals surface area contributed by atoms with E-state index in [9.17, 15) is 17.6 Å². The molecule has 4 nitrogen and oxygen atoms in total. The van der Waals surface area contributed by atoms with E-state index in [-0.39, 0.29) is 17.1 Å². The number of hydrogen-bond acceptors (Lipinski definition) is 4. The molecule has 0 aliphatic carbocycles. The number of aryl methyl sites for hydroxylation is 1. The third kappa shape index (κ3) is 4.87. The Morgan fingerprint density at radius 3 is 2.43 bits per heavy atom. The maximum Gasteiger partial charge on any atom is 0.312 e. The molecule has 0 atom stereocenters. The van der Waals surface area contributed by atoms with Crippen molar-refractivity contribution in [2.45, 2.75) is 18.2 Å². The summed E-state index contributed by atoms with van der Waals surface area (Å²) in [5, 5.41) is 0. The molecule has 0 aliphatic rings. The van der Waals surface area contributed by atoms with Crippen LogP contribution in [0.25, 0.3) is 0 Å². The summed E-state index contributed by atoms with van der Waals surface area (Å²) >= 11 is 3.09. The fourth-order valence-electron chi connectivity index (χ4n) is 1.81. The lowest BCUT2D eigenvalue weighted by Crippen LogP contribution is -2.16. The Balaban J connectivity index is 1.99. The normalized spacial score (nSPS) is 11.3. The summed E-state index contributed by atoms with van der Waals surface area (Å²) in [5.41, 5.74) is 0.939. The van der Waals surface area contributed by atoms with Gasteiger partial charge >= 0.3 is 5.97 Å². The lowest BCUT2D eigenvalue weighted by molar-refractivity contribution is -0.134. The van der Waals surface area contributed by atoms with Crippen molar-refractivity contribution in [3.8, 4) is 5.75 Å². The maximum atomic E-state index is 13.6. The number of hydrogen-bond donors (Lipinski definition) is 0. The van der Waals surface area contributed by atoms with E-state index in [0.29, 0.717) is 4.47 Å². The summed E-state index contributed by atoms with van der Waals surface area (Å²) in [6, 6.07) is 10.3. The minimum Gasteiger partial charge on any atom is -0.423 e. The Morgan fingerprint density at radius 1 is 1.17 bits per heavy atom. The van der Waals surface area contributed by atoms with Gasteiger partial charge in [-0.15, -0.1) is 0 Å². The zero-order chi connectivity index (χ0) is 17.0. The molecule has 0 radical (unpaired) electrons. The number of sulfone groups is 1. The Kier molecular flexibility index (Phi) is 5.54. The third-order valence-corrected chi connectivity index (χ3v) is 5.30. The van der Waals surface area contributed by atoms with Gasteiger partial charge in [-0.05, 0) is 37.3 Å². The Morgan fingerprint density at radius 2 is 1.83 bits per heavy atom. The molecule has 2 aromatic carbocycles. The van der Waals surface area contributed by atoms with E-state index in [1.807, 2.05) is 6.92 Å². The molecule has 7 heteroatoms. The van der Waals surface area contributed by atoms with E-state index in [2.05, 4.69) is 15.9 Å². The summed E-state index contributed by atoms with van der Waals surface area (Å²) in [6.07, 6.45) is -0.355.